The van der Waals surface area contributed by atoms with Crippen molar-refractivity contribution < 1.29 is 0 Å². The number of hydrogen-bond donors (Lipinski definition) is 1. The van der Waals surface area contributed by atoms with E-state index < -0.39 is 0 Å². The van der Waals surface area contributed by atoms with Gasteiger partial charge >= 0.3 is 0 Å². The molecule has 0 spiro atoms. The lowest BCUT2D eigenvalue weighted by Crippen LogP contribution is -2.30. The second-order valence-electron chi connectivity index (χ2n) is 4.61. The Kier molecular flexibility index (Phi) is 3.30. The molecule has 2 heterocycles. The minimum absolute atomic E-state index is 0.444. The molecule has 0 aromatic carbocycles. The van der Waals surface area contributed by atoms with Gasteiger partial charge in [0.2, 0.25) is 0 Å². The minimum Gasteiger partial charge on any atom is -0.317 e. The van der Waals surface area contributed by atoms with Gasteiger partial charge in [-0.05, 0) is 37.1 Å². The first-order valence-electron chi connectivity index (χ1n) is 5.75. The van der Waals surface area contributed by atoms with Crippen LogP contribution in [-0.2, 0) is 6.42 Å². The maximum atomic E-state index is 4.44. The molecule has 1 aliphatic heterocycles. The molecule has 1 N–H and O–H groups in total. The highest BCUT2D eigenvalue weighted by molar-refractivity contribution is 4.80. The number of nitrogens with one attached hydrogen (secondary N) is 1. The second kappa shape index (κ2) is 4.70. The predicted octanol–water partition coefficient (Wildman–Crippen LogP) is 0.796. The molecule has 1 fully saturated rings. The normalized spacial score (nSPS) is 18.6. The zero-order chi connectivity index (χ0) is 10.7. The third-order valence-corrected chi connectivity index (χ3v) is 2.70. The lowest BCUT2D eigenvalue weighted by molar-refractivity contribution is 0.308. The zero-order valence-electron chi connectivity index (χ0n) is 9.48. The Morgan fingerprint density at radius 2 is 2.13 bits per heavy atom. The van der Waals surface area contributed by atoms with Crippen LogP contribution in [0.25, 0.3) is 0 Å². The summed E-state index contributed by atoms with van der Waals surface area (Å²) in [7, 11) is 0. The van der Waals surface area contributed by atoms with E-state index in [4.69, 9.17) is 0 Å². The summed E-state index contributed by atoms with van der Waals surface area (Å²) in [6.07, 6.45) is 3.14. The molecule has 2 rings (SSSR count). The van der Waals surface area contributed by atoms with Crippen LogP contribution in [0.5, 0.6) is 0 Å². The van der Waals surface area contributed by atoms with Crippen molar-refractivity contribution in [2.75, 3.05) is 13.1 Å². The summed E-state index contributed by atoms with van der Waals surface area (Å²) in [6.45, 7) is 6.47. The molecule has 15 heavy (non-hydrogen) atoms. The number of rotatable bonds is 3. The summed E-state index contributed by atoms with van der Waals surface area (Å²) in [4.78, 5) is 1.80. The van der Waals surface area contributed by atoms with E-state index in [1.54, 1.807) is 4.80 Å². The van der Waals surface area contributed by atoms with Gasteiger partial charge in [0.1, 0.15) is 0 Å². The van der Waals surface area contributed by atoms with Crippen molar-refractivity contribution in [1.29, 1.82) is 0 Å². The molecule has 1 aromatic heterocycles. The van der Waals surface area contributed by atoms with E-state index >= 15 is 0 Å². The third kappa shape index (κ3) is 2.75. The van der Waals surface area contributed by atoms with E-state index in [1.165, 1.54) is 0 Å². The Morgan fingerprint density at radius 3 is 2.80 bits per heavy atom. The van der Waals surface area contributed by atoms with Crippen LogP contribution in [0.1, 0.15) is 38.6 Å². The largest absolute Gasteiger partial charge is 0.317 e. The van der Waals surface area contributed by atoms with Crippen LogP contribution in [0.3, 0.4) is 0 Å². The van der Waals surface area contributed by atoms with Crippen molar-refractivity contribution in [3.63, 3.8) is 0 Å². The van der Waals surface area contributed by atoms with Crippen LogP contribution in [0, 0.1) is 5.92 Å². The molecule has 5 heteroatoms. The van der Waals surface area contributed by atoms with Crippen molar-refractivity contribution in [1.82, 2.24) is 25.5 Å². The van der Waals surface area contributed by atoms with Gasteiger partial charge in [-0.25, -0.2) is 0 Å². The molecule has 1 aromatic rings. The van der Waals surface area contributed by atoms with E-state index in [2.05, 4.69) is 34.6 Å². The summed E-state index contributed by atoms with van der Waals surface area (Å²) in [5, 5.41) is 16.0. The first-order chi connectivity index (χ1) is 7.25. The fourth-order valence-corrected chi connectivity index (χ4v) is 1.89. The highest BCUT2D eigenvalue weighted by Gasteiger charge is 2.17. The quantitative estimate of drug-likeness (QED) is 0.800. The van der Waals surface area contributed by atoms with Crippen molar-refractivity contribution in [3.05, 3.63) is 5.82 Å². The Hall–Kier alpha value is -0.970. The van der Waals surface area contributed by atoms with Gasteiger partial charge in [0.05, 0.1) is 6.04 Å². The van der Waals surface area contributed by atoms with Crippen molar-refractivity contribution >= 4 is 0 Å². The average Bonchev–Trinajstić information content (AvgIpc) is 2.67. The van der Waals surface area contributed by atoms with E-state index in [1.807, 2.05) is 0 Å². The standard InChI is InChI=1S/C10H19N5/c1-8(2)7-10-12-14-15(13-10)9-3-5-11-6-4-9/h8-9,11H,3-7H2,1-2H3. The molecule has 0 saturated carbocycles. The summed E-state index contributed by atoms with van der Waals surface area (Å²) < 4.78 is 0. The van der Waals surface area contributed by atoms with Crippen LogP contribution in [0.15, 0.2) is 0 Å². The van der Waals surface area contributed by atoms with Gasteiger partial charge < -0.3 is 5.32 Å². The van der Waals surface area contributed by atoms with E-state index in [-0.39, 0.29) is 0 Å². The van der Waals surface area contributed by atoms with Crippen LogP contribution in [0.4, 0.5) is 0 Å². The molecule has 0 atom stereocenters. The fraction of sp³-hybridized carbons (Fsp3) is 0.900. The van der Waals surface area contributed by atoms with Gasteiger partial charge in [-0.2, -0.15) is 4.80 Å². The number of tetrazole rings is 1. The van der Waals surface area contributed by atoms with Gasteiger partial charge in [-0.3, -0.25) is 0 Å². The first-order valence-corrected chi connectivity index (χ1v) is 5.75. The zero-order valence-corrected chi connectivity index (χ0v) is 9.48. The van der Waals surface area contributed by atoms with Gasteiger partial charge in [0, 0.05) is 6.42 Å². The molecular weight excluding hydrogens is 190 g/mol. The molecule has 1 aliphatic rings. The third-order valence-electron chi connectivity index (χ3n) is 2.70. The highest BCUT2D eigenvalue weighted by atomic mass is 15.6. The van der Waals surface area contributed by atoms with Crippen LogP contribution >= 0.6 is 0 Å². The van der Waals surface area contributed by atoms with Gasteiger partial charge in [0.15, 0.2) is 5.82 Å². The molecule has 0 aliphatic carbocycles. The predicted molar refractivity (Wildman–Crippen MR) is 57.5 cm³/mol. The molecule has 0 radical (unpaired) electrons. The van der Waals surface area contributed by atoms with Crippen molar-refractivity contribution in [2.24, 2.45) is 5.92 Å². The molecule has 1 saturated heterocycles. The van der Waals surface area contributed by atoms with E-state index in [9.17, 15) is 0 Å². The number of piperidine rings is 1. The molecule has 84 valence electrons. The van der Waals surface area contributed by atoms with Crippen molar-refractivity contribution in [2.45, 2.75) is 39.2 Å². The summed E-state index contributed by atoms with van der Waals surface area (Å²) in [5.74, 6) is 1.47. The Bertz CT molecular complexity index is 301. The first kappa shape index (κ1) is 10.5. The topological polar surface area (TPSA) is 55.6 Å². The average molecular weight is 209 g/mol. The van der Waals surface area contributed by atoms with Crippen molar-refractivity contribution in [3.8, 4) is 0 Å². The van der Waals surface area contributed by atoms with Gasteiger partial charge in [0.25, 0.3) is 0 Å². The lowest BCUT2D eigenvalue weighted by atomic mass is 10.1. The van der Waals surface area contributed by atoms with E-state index in [0.29, 0.717) is 12.0 Å². The Morgan fingerprint density at radius 1 is 1.40 bits per heavy atom. The Balaban J connectivity index is 1.99. The summed E-state index contributed by atoms with van der Waals surface area (Å²) in [6, 6.07) is 0.444. The SMILES string of the molecule is CC(C)Cc1nnn(C2CCNCC2)n1. The van der Waals surface area contributed by atoms with Crippen LogP contribution in [0.2, 0.25) is 0 Å². The summed E-state index contributed by atoms with van der Waals surface area (Å²) >= 11 is 0. The number of aromatic nitrogens is 4. The molecule has 0 unspecified atom stereocenters. The van der Waals surface area contributed by atoms with E-state index in [0.717, 1.165) is 38.2 Å². The van der Waals surface area contributed by atoms with Gasteiger partial charge in [-0.15, -0.1) is 10.2 Å². The van der Waals surface area contributed by atoms with Gasteiger partial charge in [-0.1, -0.05) is 13.8 Å². The molecular formula is C10H19N5. The maximum absolute atomic E-state index is 4.44. The monoisotopic (exact) mass is 209 g/mol. The summed E-state index contributed by atoms with van der Waals surface area (Å²) in [5.41, 5.74) is 0. The minimum atomic E-state index is 0.444. The maximum Gasteiger partial charge on any atom is 0.175 e. The molecule has 0 bridgehead atoms. The Labute approximate surface area is 90.2 Å². The fourth-order valence-electron chi connectivity index (χ4n) is 1.89. The second-order valence-corrected chi connectivity index (χ2v) is 4.61. The number of hydrogen-bond acceptors (Lipinski definition) is 4. The number of nitrogens with zero attached hydrogens (tertiary/aromatic N) is 4. The van der Waals surface area contributed by atoms with Crippen LogP contribution in [-0.4, -0.2) is 33.3 Å². The molecule has 5 nitrogen and oxygen atoms in total. The highest BCUT2D eigenvalue weighted by Crippen LogP contribution is 2.15. The smallest absolute Gasteiger partial charge is 0.175 e. The molecule has 0 amide bonds. The lowest BCUT2D eigenvalue weighted by Gasteiger charge is -2.20. The van der Waals surface area contributed by atoms with Crippen LogP contribution < -0.4 is 5.32 Å².